The molecule has 0 spiro atoms. The summed E-state index contributed by atoms with van der Waals surface area (Å²) >= 11 is 0. The van der Waals surface area contributed by atoms with Crippen molar-refractivity contribution in [3.8, 4) is 18.1 Å². The Kier molecular flexibility index (Phi) is 3.13. The number of aliphatic hydroxyl groups is 1. The number of phenolic OH excluding ortho intramolecular Hbond substituents is 1. The van der Waals surface area contributed by atoms with Gasteiger partial charge in [0.25, 0.3) is 0 Å². The molecule has 23 heavy (non-hydrogen) atoms. The van der Waals surface area contributed by atoms with Crippen molar-refractivity contribution in [1.82, 2.24) is 0 Å². The SMILES string of the molecule is C#C[C@]1(O)CC[C@H]2[C@@H]3[C@H](C)Cc4cc(O)ccc4[C@H]3CC[C@@]21C. The lowest BCUT2D eigenvalue weighted by molar-refractivity contribution is -0.0733. The van der Waals surface area contributed by atoms with E-state index in [1.165, 1.54) is 11.1 Å². The van der Waals surface area contributed by atoms with E-state index in [1.807, 2.05) is 12.1 Å². The first-order valence-electron chi connectivity index (χ1n) is 8.91. The van der Waals surface area contributed by atoms with Gasteiger partial charge >= 0.3 is 0 Å². The summed E-state index contributed by atoms with van der Waals surface area (Å²) in [6.07, 6.45) is 10.6. The van der Waals surface area contributed by atoms with Gasteiger partial charge in [-0.05, 0) is 79.0 Å². The molecule has 4 rings (SSSR count). The smallest absolute Gasteiger partial charge is 0.130 e. The van der Waals surface area contributed by atoms with Gasteiger partial charge in [-0.15, -0.1) is 6.42 Å². The highest BCUT2D eigenvalue weighted by molar-refractivity contribution is 5.41. The summed E-state index contributed by atoms with van der Waals surface area (Å²) in [6, 6.07) is 5.90. The molecule has 6 atom stereocenters. The number of phenols is 1. The third-order valence-corrected chi connectivity index (χ3v) is 7.45. The molecule has 0 amide bonds. The molecule has 2 nitrogen and oxygen atoms in total. The lowest BCUT2D eigenvalue weighted by atomic mass is 9.51. The van der Waals surface area contributed by atoms with E-state index < -0.39 is 5.60 Å². The summed E-state index contributed by atoms with van der Waals surface area (Å²) in [6.45, 7) is 4.56. The normalized spacial score (nSPS) is 44.8. The van der Waals surface area contributed by atoms with E-state index in [9.17, 15) is 10.2 Å². The van der Waals surface area contributed by atoms with Crippen molar-refractivity contribution in [2.24, 2.45) is 23.2 Å². The fourth-order valence-corrected chi connectivity index (χ4v) is 6.22. The monoisotopic (exact) mass is 310 g/mol. The van der Waals surface area contributed by atoms with Crippen LogP contribution in [0.4, 0.5) is 0 Å². The Hall–Kier alpha value is -1.46. The van der Waals surface area contributed by atoms with Gasteiger partial charge in [0.1, 0.15) is 11.4 Å². The number of aromatic hydroxyl groups is 1. The fraction of sp³-hybridized carbons (Fsp3) is 0.619. The zero-order chi connectivity index (χ0) is 16.4. The van der Waals surface area contributed by atoms with Crippen molar-refractivity contribution in [3.05, 3.63) is 29.3 Å². The fourth-order valence-electron chi connectivity index (χ4n) is 6.22. The van der Waals surface area contributed by atoms with Crippen LogP contribution in [0.15, 0.2) is 18.2 Å². The van der Waals surface area contributed by atoms with Crippen LogP contribution in [0.1, 0.15) is 56.6 Å². The number of terminal acetylenes is 1. The van der Waals surface area contributed by atoms with Crippen LogP contribution in [-0.4, -0.2) is 15.8 Å². The standard InChI is InChI=1S/C21H26O2/c1-4-21(23)10-8-18-19-13(2)11-14-12-15(22)5-6-16(14)17(19)7-9-20(18,21)3/h1,5-6,12-13,17-19,22-23H,7-11H2,2-3H3/t13-,17-,18+,19-,20+,21+/m1/s1. The second kappa shape index (κ2) is 4.77. The maximum atomic E-state index is 11.0. The first-order chi connectivity index (χ1) is 10.9. The molecular weight excluding hydrogens is 284 g/mol. The molecule has 0 heterocycles. The maximum absolute atomic E-state index is 11.0. The zero-order valence-corrected chi connectivity index (χ0v) is 14.0. The van der Waals surface area contributed by atoms with E-state index in [2.05, 4.69) is 25.8 Å². The molecule has 3 aliphatic carbocycles. The van der Waals surface area contributed by atoms with Gasteiger partial charge in [0.05, 0.1) is 0 Å². The summed E-state index contributed by atoms with van der Waals surface area (Å²) in [4.78, 5) is 0. The second-order valence-corrected chi connectivity index (χ2v) is 8.35. The number of rotatable bonds is 0. The summed E-state index contributed by atoms with van der Waals surface area (Å²) in [5.41, 5.74) is 1.65. The van der Waals surface area contributed by atoms with Crippen molar-refractivity contribution in [1.29, 1.82) is 0 Å². The molecular formula is C21H26O2. The molecule has 0 aromatic heterocycles. The predicted octanol–water partition coefficient (Wildman–Crippen LogP) is 3.86. The average Bonchev–Trinajstić information content (AvgIpc) is 2.79. The minimum atomic E-state index is -0.933. The summed E-state index contributed by atoms with van der Waals surface area (Å²) < 4.78 is 0. The van der Waals surface area contributed by atoms with Gasteiger partial charge in [0.15, 0.2) is 0 Å². The van der Waals surface area contributed by atoms with Gasteiger partial charge in [-0.3, -0.25) is 0 Å². The van der Waals surface area contributed by atoms with Crippen LogP contribution in [-0.2, 0) is 6.42 Å². The van der Waals surface area contributed by atoms with Gasteiger partial charge in [0, 0.05) is 5.41 Å². The molecule has 0 unspecified atom stereocenters. The first kappa shape index (κ1) is 15.1. The highest BCUT2D eigenvalue weighted by atomic mass is 16.3. The molecule has 1 aromatic rings. The quantitative estimate of drug-likeness (QED) is 0.714. The molecule has 0 bridgehead atoms. The van der Waals surface area contributed by atoms with Crippen molar-refractivity contribution >= 4 is 0 Å². The van der Waals surface area contributed by atoms with Gasteiger partial charge in [0.2, 0.25) is 0 Å². The van der Waals surface area contributed by atoms with E-state index in [-0.39, 0.29) is 5.41 Å². The van der Waals surface area contributed by atoms with Crippen molar-refractivity contribution in [3.63, 3.8) is 0 Å². The third kappa shape index (κ3) is 1.86. The second-order valence-electron chi connectivity index (χ2n) is 8.35. The summed E-state index contributed by atoms with van der Waals surface area (Å²) in [5, 5.41) is 20.8. The number of hydrogen-bond donors (Lipinski definition) is 2. The van der Waals surface area contributed by atoms with Crippen LogP contribution >= 0.6 is 0 Å². The topological polar surface area (TPSA) is 40.5 Å². The zero-order valence-electron chi connectivity index (χ0n) is 14.0. The number of hydrogen-bond acceptors (Lipinski definition) is 2. The van der Waals surface area contributed by atoms with Crippen LogP contribution in [0.25, 0.3) is 0 Å². The average molecular weight is 310 g/mol. The molecule has 0 saturated heterocycles. The van der Waals surface area contributed by atoms with Crippen LogP contribution in [0, 0.1) is 35.5 Å². The largest absolute Gasteiger partial charge is 0.508 e. The molecule has 122 valence electrons. The van der Waals surface area contributed by atoms with Gasteiger partial charge in [-0.25, -0.2) is 0 Å². The molecule has 3 aliphatic rings. The highest BCUT2D eigenvalue weighted by Crippen LogP contribution is 2.65. The molecule has 2 N–H and O–H groups in total. The molecule has 0 radical (unpaired) electrons. The van der Waals surface area contributed by atoms with E-state index >= 15 is 0 Å². The van der Waals surface area contributed by atoms with Crippen LogP contribution in [0.2, 0.25) is 0 Å². The third-order valence-electron chi connectivity index (χ3n) is 7.45. The summed E-state index contributed by atoms with van der Waals surface area (Å²) in [5.74, 6) is 5.32. The van der Waals surface area contributed by atoms with Crippen LogP contribution in [0.3, 0.4) is 0 Å². The Labute approximate surface area is 138 Å². The molecule has 0 aliphatic heterocycles. The molecule has 1 aromatic carbocycles. The highest BCUT2D eigenvalue weighted by Gasteiger charge is 2.62. The Balaban J connectivity index is 1.77. The van der Waals surface area contributed by atoms with Crippen molar-refractivity contribution < 1.29 is 10.2 Å². The van der Waals surface area contributed by atoms with Crippen LogP contribution in [0.5, 0.6) is 5.75 Å². The first-order valence-corrected chi connectivity index (χ1v) is 8.91. The van der Waals surface area contributed by atoms with Crippen molar-refractivity contribution in [2.75, 3.05) is 0 Å². The Morgan fingerprint density at radius 1 is 1.26 bits per heavy atom. The molecule has 2 saturated carbocycles. The van der Waals surface area contributed by atoms with Gasteiger partial charge in [-0.1, -0.05) is 25.8 Å². The summed E-state index contributed by atoms with van der Waals surface area (Å²) in [7, 11) is 0. The Morgan fingerprint density at radius 2 is 2.04 bits per heavy atom. The maximum Gasteiger partial charge on any atom is 0.130 e. The number of fused-ring (bicyclic) bond motifs is 5. The van der Waals surface area contributed by atoms with E-state index in [0.29, 0.717) is 29.4 Å². The number of benzene rings is 1. The lowest BCUT2D eigenvalue weighted by Crippen LogP contribution is -2.51. The predicted molar refractivity (Wildman–Crippen MR) is 91.1 cm³/mol. The van der Waals surface area contributed by atoms with Gasteiger partial charge < -0.3 is 10.2 Å². The lowest BCUT2D eigenvalue weighted by Gasteiger charge is -2.54. The van der Waals surface area contributed by atoms with E-state index in [4.69, 9.17) is 6.42 Å². The molecule has 2 heteroatoms. The minimum absolute atomic E-state index is 0.147. The van der Waals surface area contributed by atoms with E-state index in [0.717, 1.165) is 32.1 Å². The van der Waals surface area contributed by atoms with Gasteiger partial charge in [-0.2, -0.15) is 0 Å². The Bertz CT molecular complexity index is 688. The molecule has 2 fully saturated rings. The minimum Gasteiger partial charge on any atom is -0.508 e. The van der Waals surface area contributed by atoms with Crippen LogP contribution < -0.4 is 0 Å². The van der Waals surface area contributed by atoms with E-state index in [1.54, 1.807) is 0 Å². The Morgan fingerprint density at radius 3 is 2.78 bits per heavy atom. The van der Waals surface area contributed by atoms with Crippen molar-refractivity contribution in [2.45, 2.75) is 57.5 Å².